The number of benzene rings is 2. The lowest BCUT2D eigenvalue weighted by Crippen LogP contribution is -2.12. The quantitative estimate of drug-likeness (QED) is 0.850. The SMILES string of the molecule is Cc1ccc(C(N)c2cccc(C)c2Cl)cc1Cl. The summed E-state index contributed by atoms with van der Waals surface area (Å²) in [6, 6.07) is 11.5. The Hall–Kier alpha value is -1.02. The fraction of sp³-hybridized carbons (Fsp3) is 0.200. The zero-order chi connectivity index (χ0) is 13.3. The largest absolute Gasteiger partial charge is 0.320 e. The van der Waals surface area contributed by atoms with Gasteiger partial charge in [-0.1, -0.05) is 53.5 Å². The van der Waals surface area contributed by atoms with Crippen molar-refractivity contribution >= 4 is 23.2 Å². The number of halogens is 2. The van der Waals surface area contributed by atoms with Crippen LogP contribution in [0.3, 0.4) is 0 Å². The Kier molecular flexibility index (Phi) is 3.96. The molecule has 0 saturated carbocycles. The molecule has 1 nitrogen and oxygen atoms in total. The fourth-order valence-corrected chi connectivity index (χ4v) is 2.32. The summed E-state index contributed by atoms with van der Waals surface area (Å²) < 4.78 is 0. The zero-order valence-electron chi connectivity index (χ0n) is 10.4. The lowest BCUT2D eigenvalue weighted by atomic mass is 9.97. The number of nitrogens with two attached hydrogens (primary N) is 1. The van der Waals surface area contributed by atoms with Gasteiger partial charge in [0.05, 0.1) is 6.04 Å². The fourth-order valence-electron chi connectivity index (χ4n) is 1.89. The maximum atomic E-state index is 6.30. The van der Waals surface area contributed by atoms with Gasteiger partial charge in [-0.25, -0.2) is 0 Å². The monoisotopic (exact) mass is 279 g/mol. The second-order valence-electron chi connectivity index (χ2n) is 4.46. The summed E-state index contributed by atoms with van der Waals surface area (Å²) in [5.74, 6) is 0. The van der Waals surface area contributed by atoms with E-state index in [1.54, 1.807) is 0 Å². The van der Waals surface area contributed by atoms with Crippen molar-refractivity contribution in [3.8, 4) is 0 Å². The van der Waals surface area contributed by atoms with E-state index in [0.29, 0.717) is 0 Å². The maximum absolute atomic E-state index is 6.30. The Bertz CT molecular complexity index is 579. The summed E-state index contributed by atoms with van der Waals surface area (Å²) in [4.78, 5) is 0. The Morgan fingerprint density at radius 1 is 1.00 bits per heavy atom. The number of hydrogen-bond acceptors (Lipinski definition) is 1. The summed E-state index contributed by atoms with van der Waals surface area (Å²) in [7, 11) is 0. The van der Waals surface area contributed by atoms with E-state index in [4.69, 9.17) is 28.9 Å². The molecule has 18 heavy (non-hydrogen) atoms. The smallest absolute Gasteiger partial charge is 0.0567 e. The van der Waals surface area contributed by atoms with Crippen LogP contribution in [-0.4, -0.2) is 0 Å². The van der Waals surface area contributed by atoms with Gasteiger partial charge < -0.3 is 5.73 Å². The van der Waals surface area contributed by atoms with Crippen molar-refractivity contribution in [2.45, 2.75) is 19.9 Å². The van der Waals surface area contributed by atoms with Gasteiger partial charge in [-0.15, -0.1) is 0 Å². The Morgan fingerprint density at radius 3 is 2.39 bits per heavy atom. The van der Waals surface area contributed by atoms with E-state index in [1.165, 1.54) is 0 Å². The van der Waals surface area contributed by atoms with Gasteiger partial charge in [0.25, 0.3) is 0 Å². The van der Waals surface area contributed by atoms with Gasteiger partial charge in [-0.3, -0.25) is 0 Å². The first kappa shape index (κ1) is 13.4. The van der Waals surface area contributed by atoms with Gasteiger partial charge in [0.1, 0.15) is 0 Å². The van der Waals surface area contributed by atoms with Crippen LogP contribution in [0.4, 0.5) is 0 Å². The van der Waals surface area contributed by atoms with Crippen molar-refractivity contribution in [1.82, 2.24) is 0 Å². The van der Waals surface area contributed by atoms with Crippen LogP contribution in [0, 0.1) is 13.8 Å². The van der Waals surface area contributed by atoms with Crippen LogP contribution >= 0.6 is 23.2 Å². The average Bonchev–Trinajstić information content (AvgIpc) is 2.35. The molecule has 3 heteroatoms. The lowest BCUT2D eigenvalue weighted by Gasteiger charge is -2.16. The van der Waals surface area contributed by atoms with E-state index < -0.39 is 0 Å². The van der Waals surface area contributed by atoms with Crippen molar-refractivity contribution in [1.29, 1.82) is 0 Å². The third kappa shape index (κ3) is 2.54. The van der Waals surface area contributed by atoms with Gasteiger partial charge in [0.2, 0.25) is 0 Å². The van der Waals surface area contributed by atoms with Gasteiger partial charge in [-0.2, -0.15) is 0 Å². The minimum atomic E-state index is -0.254. The standard InChI is InChI=1S/C15H15Cl2N/c1-9-6-7-11(8-13(9)16)15(18)12-5-3-4-10(2)14(12)17/h3-8,15H,18H2,1-2H3. The molecule has 0 saturated heterocycles. The van der Waals surface area contributed by atoms with Crippen LogP contribution in [0.1, 0.15) is 28.3 Å². The molecule has 0 radical (unpaired) electrons. The second kappa shape index (κ2) is 5.31. The van der Waals surface area contributed by atoms with E-state index in [1.807, 2.05) is 50.2 Å². The first-order chi connectivity index (χ1) is 8.50. The molecule has 2 aromatic carbocycles. The first-order valence-electron chi connectivity index (χ1n) is 5.77. The van der Waals surface area contributed by atoms with Crippen molar-refractivity contribution in [2.24, 2.45) is 5.73 Å². The van der Waals surface area contributed by atoms with Gasteiger partial charge in [0, 0.05) is 10.0 Å². The molecule has 1 unspecified atom stereocenters. The van der Waals surface area contributed by atoms with E-state index in [2.05, 4.69) is 0 Å². The molecule has 2 aromatic rings. The van der Waals surface area contributed by atoms with Gasteiger partial charge >= 0.3 is 0 Å². The molecular formula is C15H15Cl2N. The van der Waals surface area contributed by atoms with E-state index in [0.717, 1.165) is 32.3 Å². The Morgan fingerprint density at radius 2 is 1.72 bits per heavy atom. The maximum Gasteiger partial charge on any atom is 0.0567 e. The van der Waals surface area contributed by atoms with Crippen LogP contribution in [0.2, 0.25) is 10.0 Å². The molecule has 94 valence electrons. The number of rotatable bonds is 2. The molecule has 0 bridgehead atoms. The molecule has 0 aromatic heterocycles. The molecule has 0 aliphatic rings. The molecule has 0 fully saturated rings. The summed E-state index contributed by atoms with van der Waals surface area (Å²) in [6.07, 6.45) is 0. The third-order valence-electron chi connectivity index (χ3n) is 3.11. The lowest BCUT2D eigenvalue weighted by molar-refractivity contribution is 0.869. The molecule has 0 heterocycles. The molecule has 0 aliphatic heterocycles. The third-order valence-corrected chi connectivity index (χ3v) is 4.04. The highest BCUT2D eigenvalue weighted by Gasteiger charge is 2.14. The van der Waals surface area contributed by atoms with Crippen molar-refractivity contribution in [3.05, 3.63) is 68.7 Å². The Balaban J connectivity index is 2.44. The highest BCUT2D eigenvalue weighted by molar-refractivity contribution is 6.32. The van der Waals surface area contributed by atoms with Crippen molar-refractivity contribution in [2.75, 3.05) is 0 Å². The van der Waals surface area contributed by atoms with E-state index in [9.17, 15) is 0 Å². The van der Waals surface area contributed by atoms with Gasteiger partial charge in [0.15, 0.2) is 0 Å². The molecule has 0 aliphatic carbocycles. The second-order valence-corrected chi connectivity index (χ2v) is 5.25. The van der Waals surface area contributed by atoms with Crippen LogP contribution in [0.25, 0.3) is 0 Å². The molecule has 1 atom stereocenters. The molecule has 2 rings (SSSR count). The Labute approximate surface area is 118 Å². The normalized spacial score (nSPS) is 12.5. The molecule has 0 amide bonds. The average molecular weight is 280 g/mol. The summed E-state index contributed by atoms with van der Waals surface area (Å²) >= 11 is 12.4. The van der Waals surface area contributed by atoms with E-state index >= 15 is 0 Å². The summed E-state index contributed by atoms with van der Waals surface area (Å²) in [5.41, 5.74) is 10.2. The molecule has 0 spiro atoms. The number of hydrogen-bond donors (Lipinski definition) is 1. The first-order valence-corrected chi connectivity index (χ1v) is 6.53. The predicted molar refractivity (Wildman–Crippen MR) is 78.4 cm³/mol. The topological polar surface area (TPSA) is 26.0 Å². The highest BCUT2D eigenvalue weighted by atomic mass is 35.5. The summed E-state index contributed by atoms with van der Waals surface area (Å²) in [5, 5.41) is 1.45. The predicted octanol–water partition coefficient (Wildman–Crippen LogP) is 4.66. The van der Waals surface area contributed by atoms with Crippen molar-refractivity contribution < 1.29 is 0 Å². The minimum absolute atomic E-state index is 0.254. The van der Waals surface area contributed by atoms with Crippen LogP contribution in [0.15, 0.2) is 36.4 Å². The van der Waals surface area contributed by atoms with Gasteiger partial charge in [-0.05, 0) is 42.2 Å². The number of aryl methyl sites for hydroxylation is 2. The van der Waals surface area contributed by atoms with Crippen molar-refractivity contribution in [3.63, 3.8) is 0 Å². The zero-order valence-corrected chi connectivity index (χ0v) is 11.9. The highest BCUT2D eigenvalue weighted by Crippen LogP contribution is 2.30. The summed E-state index contributed by atoms with van der Waals surface area (Å²) in [6.45, 7) is 3.94. The minimum Gasteiger partial charge on any atom is -0.320 e. The molecule has 2 N–H and O–H groups in total. The van der Waals surface area contributed by atoms with Crippen LogP contribution in [-0.2, 0) is 0 Å². The van der Waals surface area contributed by atoms with E-state index in [-0.39, 0.29) is 6.04 Å². The van der Waals surface area contributed by atoms with Crippen LogP contribution < -0.4 is 5.73 Å². The molecular weight excluding hydrogens is 265 g/mol. The van der Waals surface area contributed by atoms with Crippen LogP contribution in [0.5, 0.6) is 0 Å².